The maximum absolute atomic E-state index is 9.99. The summed E-state index contributed by atoms with van der Waals surface area (Å²) in [6, 6.07) is 12.0. The highest BCUT2D eigenvalue weighted by atomic mass is 16.3. The van der Waals surface area contributed by atoms with Crippen molar-refractivity contribution in [3.63, 3.8) is 0 Å². The zero-order valence-corrected chi connectivity index (χ0v) is 13.3. The van der Waals surface area contributed by atoms with Gasteiger partial charge >= 0.3 is 0 Å². The molecule has 1 aromatic carbocycles. The zero-order valence-electron chi connectivity index (χ0n) is 13.3. The number of likely N-dealkylation sites (N-methyl/N-ethyl adjacent to an activating group) is 1. The van der Waals surface area contributed by atoms with E-state index >= 15 is 0 Å². The molecule has 2 bridgehead atoms. The predicted molar refractivity (Wildman–Crippen MR) is 86.5 cm³/mol. The summed E-state index contributed by atoms with van der Waals surface area (Å²) in [4.78, 5) is 2.68. The molecule has 116 valence electrons. The van der Waals surface area contributed by atoms with E-state index in [9.17, 15) is 5.11 Å². The standard InChI is InChI=1S/C18H28N2O/c1-18(12-19-2,14-6-4-3-5-7-14)13-20-15-8-9-16(20)11-17(21)10-15/h3-7,15-17,19,21H,8-13H2,1-2H3. The summed E-state index contributed by atoms with van der Waals surface area (Å²) in [5.41, 5.74) is 1.53. The second kappa shape index (κ2) is 6.07. The van der Waals surface area contributed by atoms with Crippen LogP contribution in [0.3, 0.4) is 0 Å². The third-order valence-electron chi connectivity index (χ3n) is 5.43. The number of hydrogen-bond acceptors (Lipinski definition) is 3. The molecule has 2 N–H and O–H groups in total. The lowest BCUT2D eigenvalue weighted by Gasteiger charge is -2.43. The quantitative estimate of drug-likeness (QED) is 0.871. The van der Waals surface area contributed by atoms with Crippen LogP contribution in [0.5, 0.6) is 0 Å². The van der Waals surface area contributed by atoms with Crippen molar-refractivity contribution in [1.82, 2.24) is 10.2 Å². The topological polar surface area (TPSA) is 35.5 Å². The highest BCUT2D eigenvalue weighted by Gasteiger charge is 2.43. The van der Waals surface area contributed by atoms with E-state index in [0.29, 0.717) is 12.1 Å². The van der Waals surface area contributed by atoms with Crippen molar-refractivity contribution in [3.05, 3.63) is 35.9 Å². The van der Waals surface area contributed by atoms with Gasteiger partial charge in [-0.3, -0.25) is 4.90 Å². The molecule has 3 nitrogen and oxygen atoms in total. The van der Waals surface area contributed by atoms with Crippen LogP contribution in [0, 0.1) is 0 Å². The van der Waals surface area contributed by atoms with Gasteiger partial charge in [0.2, 0.25) is 0 Å². The first-order valence-corrected chi connectivity index (χ1v) is 8.26. The van der Waals surface area contributed by atoms with Gasteiger partial charge in [-0.25, -0.2) is 0 Å². The monoisotopic (exact) mass is 288 g/mol. The summed E-state index contributed by atoms with van der Waals surface area (Å²) in [6.45, 7) is 4.43. The molecule has 3 atom stereocenters. The Morgan fingerprint density at radius 1 is 1.19 bits per heavy atom. The Morgan fingerprint density at radius 2 is 1.81 bits per heavy atom. The lowest BCUT2D eigenvalue weighted by atomic mass is 9.80. The minimum atomic E-state index is -0.0777. The van der Waals surface area contributed by atoms with Crippen molar-refractivity contribution in [2.24, 2.45) is 0 Å². The Kier molecular flexibility index (Phi) is 4.34. The Morgan fingerprint density at radius 3 is 2.38 bits per heavy atom. The summed E-state index contributed by atoms with van der Waals surface area (Å²) in [5, 5.41) is 13.4. The smallest absolute Gasteiger partial charge is 0.0570 e. The third-order valence-corrected chi connectivity index (χ3v) is 5.43. The molecule has 21 heavy (non-hydrogen) atoms. The minimum Gasteiger partial charge on any atom is -0.393 e. The van der Waals surface area contributed by atoms with Crippen LogP contribution in [0.2, 0.25) is 0 Å². The minimum absolute atomic E-state index is 0.0777. The van der Waals surface area contributed by atoms with Crippen LogP contribution in [0.4, 0.5) is 0 Å². The molecule has 0 aromatic heterocycles. The molecule has 2 heterocycles. The van der Waals surface area contributed by atoms with Crippen molar-refractivity contribution >= 4 is 0 Å². The molecular formula is C18H28N2O. The van der Waals surface area contributed by atoms with Crippen LogP contribution >= 0.6 is 0 Å². The fourth-order valence-corrected chi connectivity index (χ4v) is 4.39. The van der Waals surface area contributed by atoms with Crippen molar-refractivity contribution in [2.45, 2.75) is 56.2 Å². The van der Waals surface area contributed by atoms with Gasteiger partial charge in [0, 0.05) is 30.6 Å². The first-order valence-electron chi connectivity index (χ1n) is 8.26. The number of aliphatic hydroxyl groups excluding tert-OH is 1. The van der Waals surface area contributed by atoms with E-state index in [-0.39, 0.29) is 11.5 Å². The summed E-state index contributed by atoms with van der Waals surface area (Å²) < 4.78 is 0. The number of hydrogen-bond donors (Lipinski definition) is 2. The second-order valence-electron chi connectivity index (χ2n) is 7.14. The summed E-state index contributed by atoms with van der Waals surface area (Å²) in [7, 11) is 2.04. The molecule has 0 spiro atoms. The molecular weight excluding hydrogens is 260 g/mol. The Labute approximate surface area is 128 Å². The molecule has 0 aliphatic carbocycles. The molecule has 0 saturated carbocycles. The van der Waals surface area contributed by atoms with E-state index in [4.69, 9.17) is 0 Å². The van der Waals surface area contributed by atoms with Crippen LogP contribution in [0.1, 0.15) is 38.2 Å². The van der Waals surface area contributed by atoms with Crippen molar-refractivity contribution in [2.75, 3.05) is 20.1 Å². The summed E-state index contributed by atoms with van der Waals surface area (Å²) in [6.07, 6.45) is 4.35. The van der Waals surface area contributed by atoms with E-state index in [1.54, 1.807) is 0 Å². The van der Waals surface area contributed by atoms with Crippen LogP contribution in [-0.4, -0.2) is 48.3 Å². The molecule has 2 aliphatic heterocycles. The lowest BCUT2D eigenvalue weighted by Crippen LogP contribution is -2.52. The van der Waals surface area contributed by atoms with Gasteiger partial charge in [-0.2, -0.15) is 0 Å². The first kappa shape index (κ1) is 15.0. The van der Waals surface area contributed by atoms with Gasteiger partial charge in [0.25, 0.3) is 0 Å². The Bertz CT molecular complexity index is 450. The molecule has 2 aliphatic rings. The van der Waals surface area contributed by atoms with E-state index in [2.05, 4.69) is 47.5 Å². The fraction of sp³-hybridized carbons (Fsp3) is 0.667. The predicted octanol–water partition coefficient (Wildman–Crippen LogP) is 2.15. The van der Waals surface area contributed by atoms with Gasteiger partial charge < -0.3 is 10.4 Å². The van der Waals surface area contributed by atoms with Gasteiger partial charge in [-0.1, -0.05) is 37.3 Å². The average molecular weight is 288 g/mol. The number of nitrogens with zero attached hydrogens (tertiary/aromatic N) is 1. The molecule has 0 radical (unpaired) electrons. The second-order valence-corrected chi connectivity index (χ2v) is 7.14. The fourth-order valence-electron chi connectivity index (χ4n) is 4.39. The average Bonchev–Trinajstić information content (AvgIpc) is 2.71. The van der Waals surface area contributed by atoms with Gasteiger partial charge in [0.15, 0.2) is 0 Å². The normalized spacial score (nSPS) is 32.0. The number of rotatable bonds is 5. The molecule has 2 saturated heterocycles. The Hall–Kier alpha value is -0.900. The van der Waals surface area contributed by atoms with Crippen molar-refractivity contribution in [1.29, 1.82) is 0 Å². The maximum atomic E-state index is 9.99. The van der Waals surface area contributed by atoms with E-state index in [1.807, 2.05) is 7.05 Å². The maximum Gasteiger partial charge on any atom is 0.0570 e. The van der Waals surface area contributed by atoms with Crippen molar-refractivity contribution < 1.29 is 5.11 Å². The van der Waals surface area contributed by atoms with E-state index in [1.165, 1.54) is 18.4 Å². The molecule has 3 rings (SSSR count). The van der Waals surface area contributed by atoms with Gasteiger partial charge in [0.05, 0.1) is 6.10 Å². The molecule has 1 aromatic rings. The zero-order chi connectivity index (χ0) is 14.9. The number of aliphatic hydroxyl groups is 1. The highest BCUT2D eigenvalue weighted by molar-refractivity contribution is 5.26. The summed E-state index contributed by atoms with van der Waals surface area (Å²) in [5.74, 6) is 0. The third kappa shape index (κ3) is 3.01. The Balaban J connectivity index is 1.80. The number of piperidine rings is 1. The largest absolute Gasteiger partial charge is 0.393 e. The number of benzene rings is 1. The van der Waals surface area contributed by atoms with Crippen LogP contribution in [0.15, 0.2) is 30.3 Å². The number of nitrogens with one attached hydrogen (secondary N) is 1. The molecule has 3 heteroatoms. The van der Waals surface area contributed by atoms with Gasteiger partial charge in [0.1, 0.15) is 0 Å². The van der Waals surface area contributed by atoms with Gasteiger partial charge in [-0.15, -0.1) is 0 Å². The first-order chi connectivity index (χ1) is 10.1. The lowest BCUT2D eigenvalue weighted by molar-refractivity contribution is 0.0240. The highest BCUT2D eigenvalue weighted by Crippen LogP contribution is 2.38. The number of fused-ring (bicyclic) bond motifs is 2. The van der Waals surface area contributed by atoms with Gasteiger partial charge in [-0.05, 0) is 38.3 Å². The molecule has 2 fully saturated rings. The van der Waals surface area contributed by atoms with E-state index < -0.39 is 0 Å². The molecule has 3 unspecified atom stereocenters. The van der Waals surface area contributed by atoms with E-state index in [0.717, 1.165) is 25.9 Å². The van der Waals surface area contributed by atoms with Crippen LogP contribution in [-0.2, 0) is 5.41 Å². The SMILES string of the molecule is CNCC(C)(CN1C2CCC1CC(O)C2)c1ccccc1. The van der Waals surface area contributed by atoms with Crippen molar-refractivity contribution in [3.8, 4) is 0 Å². The molecule has 0 amide bonds. The summed E-state index contributed by atoms with van der Waals surface area (Å²) >= 11 is 0. The van der Waals surface area contributed by atoms with Crippen LogP contribution < -0.4 is 5.32 Å². The van der Waals surface area contributed by atoms with Crippen LogP contribution in [0.25, 0.3) is 0 Å².